The van der Waals surface area contributed by atoms with Gasteiger partial charge in [-0.05, 0) is 49.7 Å². The van der Waals surface area contributed by atoms with E-state index in [1.807, 2.05) is 62.4 Å². The molecule has 0 atom stereocenters. The molecule has 0 aliphatic rings. The number of nitrogens with zero attached hydrogens (tertiary/aromatic N) is 3. The minimum atomic E-state index is -0.320. The van der Waals surface area contributed by atoms with Crippen molar-refractivity contribution in [1.82, 2.24) is 15.4 Å². The van der Waals surface area contributed by atoms with E-state index >= 15 is 0 Å². The fraction of sp³-hybridized carbons (Fsp3) is 0.0833. The third kappa shape index (κ3) is 4.33. The normalized spacial score (nSPS) is 11.0. The first kappa shape index (κ1) is 19.3. The number of carbonyl (C=O) groups excluding carboxylic acids is 1. The maximum atomic E-state index is 12.2. The summed E-state index contributed by atoms with van der Waals surface area (Å²) in [5.41, 5.74) is 6.71. The van der Waals surface area contributed by atoms with Gasteiger partial charge in [0.2, 0.25) is 5.88 Å². The Morgan fingerprint density at radius 3 is 2.57 bits per heavy atom. The Bertz CT molecular complexity index is 1220. The van der Waals surface area contributed by atoms with Gasteiger partial charge in [-0.15, -0.1) is 0 Å². The standard InChI is InChI=1S/C24H20N4O2/c1-16-6-8-21(9-7-16)30-24-20(14-19-5-3-4-17(2)22(19)27-24)15-26-28-23(29)18-10-12-25-13-11-18/h3-15H,1-2H3,(H,28,29)/b26-15+. The number of ether oxygens (including phenoxy) is 1. The molecule has 0 radical (unpaired) electrons. The molecule has 2 heterocycles. The Balaban J connectivity index is 1.66. The van der Waals surface area contributed by atoms with Crippen LogP contribution in [-0.2, 0) is 0 Å². The van der Waals surface area contributed by atoms with Crippen LogP contribution >= 0.6 is 0 Å². The molecule has 1 N–H and O–H groups in total. The SMILES string of the molecule is Cc1ccc(Oc2nc3c(C)cccc3cc2/C=N/NC(=O)c2ccncc2)cc1. The largest absolute Gasteiger partial charge is 0.438 e. The zero-order valence-corrected chi connectivity index (χ0v) is 16.7. The summed E-state index contributed by atoms with van der Waals surface area (Å²) < 4.78 is 6.05. The number of carbonyl (C=O) groups is 1. The number of nitrogens with one attached hydrogen (secondary N) is 1. The van der Waals surface area contributed by atoms with Gasteiger partial charge in [0.25, 0.3) is 5.91 Å². The van der Waals surface area contributed by atoms with E-state index in [-0.39, 0.29) is 5.91 Å². The fourth-order valence-electron chi connectivity index (χ4n) is 2.97. The van der Waals surface area contributed by atoms with Crippen LogP contribution in [0.1, 0.15) is 27.0 Å². The highest BCUT2D eigenvalue weighted by atomic mass is 16.5. The Morgan fingerprint density at radius 1 is 1.03 bits per heavy atom. The first-order valence-electron chi connectivity index (χ1n) is 9.48. The van der Waals surface area contributed by atoms with E-state index in [2.05, 4.69) is 15.5 Å². The van der Waals surface area contributed by atoms with Crippen molar-refractivity contribution in [1.29, 1.82) is 0 Å². The van der Waals surface area contributed by atoms with Crippen molar-refractivity contribution in [3.05, 3.63) is 95.3 Å². The molecule has 0 unspecified atom stereocenters. The van der Waals surface area contributed by atoms with Crippen molar-refractivity contribution in [2.24, 2.45) is 5.10 Å². The quantitative estimate of drug-likeness (QED) is 0.388. The molecule has 148 valence electrons. The summed E-state index contributed by atoms with van der Waals surface area (Å²) in [6.45, 7) is 4.03. The number of para-hydroxylation sites is 1. The number of amides is 1. The average Bonchev–Trinajstić information content (AvgIpc) is 2.76. The minimum Gasteiger partial charge on any atom is -0.438 e. The highest BCUT2D eigenvalue weighted by Crippen LogP contribution is 2.27. The summed E-state index contributed by atoms with van der Waals surface area (Å²) in [5.74, 6) is 0.776. The van der Waals surface area contributed by atoms with E-state index in [1.165, 1.54) is 6.21 Å². The molecule has 1 amide bonds. The summed E-state index contributed by atoms with van der Waals surface area (Å²) >= 11 is 0. The molecule has 0 saturated heterocycles. The average molecular weight is 396 g/mol. The highest BCUT2D eigenvalue weighted by Gasteiger charge is 2.10. The second-order valence-electron chi connectivity index (χ2n) is 6.88. The number of aromatic nitrogens is 2. The molecule has 4 aromatic rings. The van der Waals surface area contributed by atoms with Gasteiger partial charge in [-0.1, -0.05) is 35.9 Å². The number of hydrazone groups is 1. The first-order valence-corrected chi connectivity index (χ1v) is 9.48. The lowest BCUT2D eigenvalue weighted by molar-refractivity contribution is 0.0955. The van der Waals surface area contributed by atoms with E-state index in [0.29, 0.717) is 22.8 Å². The van der Waals surface area contributed by atoms with Crippen molar-refractivity contribution in [3.8, 4) is 11.6 Å². The lowest BCUT2D eigenvalue weighted by Gasteiger charge is -2.11. The van der Waals surface area contributed by atoms with Crippen LogP contribution in [0.25, 0.3) is 10.9 Å². The third-order valence-electron chi connectivity index (χ3n) is 4.59. The van der Waals surface area contributed by atoms with Crippen LogP contribution in [0.15, 0.2) is 78.2 Å². The van der Waals surface area contributed by atoms with E-state index in [0.717, 1.165) is 22.0 Å². The van der Waals surface area contributed by atoms with Gasteiger partial charge < -0.3 is 4.74 Å². The zero-order valence-electron chi connectivity index (χ0n) is 16.7. The Kier molecular flexibility index (Phi) is 5.48. The van der Waals surface area contributed by atoms with E-state index in [9.17, 15) is 4.79 Å². The lowest BCUT2D eigenvalue weighted by atomic mass is 10.1. The summed E-state index contributed by atoms with van der Waals surface area (Å²) in [6.07, 6.45) is 4.65. The number of hydrogen-bond acceptors (Lipinski definition) is 5. The molecular weight excluding hydrogens is 376 g/mol. The second-order valence-corrected chi connectivity index (χ2v) is 6.88. The van der Waals surface area contributed by atoms with Crippen molar-refractivity contribution < 1.29 is 9.53 Å². The summed E-state index contributed by atoms with van der Waals surface area (Å²) in [5, 5.41) is 5.06. The van der Waals surface area contributed by atoms with Crippen LogP contribution < -0.4 is 10.2 Å². The predicted molar refractivity (Wildman–Crippen MR) is 117 cm³/mol. The fourth-order valence-corrected chi connectivity index (χ4v) is 2.97. The first-order chi connectivity index (χ1) is 14.6. The molecule has 4 rings (SSSR count). The molecule has 6 heteroatoms. The van der Waals surface area contributed by atoms with Crippen molar-refractivity contribution in [2.75, 3.05) is 0 Å². The van der Waals surface area contributed by atoms with E-state index in [1.54, 1.807) is 24.5 Å². The molecule has 0 fully saturated rings. The topological polar surface area (TPSA) is 76.5 Å². The van der Waals surface area contributed by atoms with Gasteiger partial charge in [0.1, 0.15) is 5.75 Å². The molecule has 2 aromatic heterocycles. The van der Waals surface area contributed by atoms with Crippen molar-refractivity contribution in [3.63, 3.8) is 0 Å². The number of aryl methyl sites for hydroxylation is 2. The van der Waals surface area contributed by atoms with Gasteiger partial charge in [0.05, 0.1) is 17.3 Å². The zero-order chi connectivity index (χ0) is 20.9. The lowest BCUT2D eigenvalue weighted by Crippen LogP contribution is -2.17. The monoisotopic (exact) mass is 396 g/mol. The smallest absolute Gasteiger partial charge is 0.271 e. The van der Waals surface area contributed by atoms with Gasteiger partial charge in [-0.2, -0.15) is 5.10 Å². The predicted octanol–water partition coefficient (Wildman–Crippen LogP) is 4.80. The Hall–Kier alpha value is -4.06. The number of benzene rings is 2. The van der Waals surface area contributed by atoms with Crippen LogP contribution in [0.3, 0.4) is 0 Å². The molecule has 2 aromatic carbocycles. The number of rotatable bonds is 5. The summed E-state index contributed by atoms with van der Waals surface area (Å²) in [7, 11) is 0. The van der Waals surface area contributed by atoms with Crippen LogP contribution in [0.5, 0.6) is 11.6 Å². The number of fused-ring (bicyclic) bond motifs is 1. The van der Waals surface area contributed by atoms with Crippen LogP contribution in [-0.4, -0.2) is 22.1 Å². The molecule has 0 bridgehead atoms. The van der Waals surface area contributed by atoms with Crippen LogP contribution in [0, 0.1) is 13.8 Å². The van der Waals surface area contributed by atoms with Crippen molar-refractivity contribution >= 4 is 23.0 Å². The van der Waals surface area contributed by atoms with Crippen LogP contribution in [0.4, 0.5) is 0 Å². The molecule has 0 aliphatic carbocycles. The van der Waals surface area contributed by atoms with Gasteiger partial charge in [-0.25, -0.2) is 10.4 Å². The van der Waals surface area contributed by atoms with E-state index < -0.39 is 0 Å². The van der Waals surface area contributed by atoms with Gasteiger partial charge in [-0.3, -0.25) is 9.78 Å². The number of hydrogen-bond donors (Lipinski definition) is 1. The molecule has 0 aliphatic heterocycles. The molecular formula is C24H20N4O2. The summed E-state index contributed by atoms with van der Waals surface area (Å²) in [4.78, 5) is 20.8. The Labute approximate surface area is 174 Å². The maximum absolute atomic E-state index is 12.2. The highest BCUT2D eigenvalue weighted by molar-refractivity contribution is 5.96. The molecule has 30 heavy (non-hydrogen) atoms. The molecule has 0 spiro atoms. The molecule has 0 saturated carbocycles. The summed E-state index contributed by atoms with van der Waals surface area (Å²) in [6, 6.07) is 18.9. The van der Waals surface area contributed by atoms with E-state index in [4.69, 9.17) is 9.72 Å². The van der Waals surface area contributed by atoms with Crippen LogP contribution in [0.2, 0.25) is 0 Å². The van der Waals surface area contributed by atoms with Crippen molar-refractivity contribution in [2.45, 2.75) is 13.8 Å². The van der Waals surface area contributed by atoms with Gasteiger partial charge in [0, 0.05) is 23.3 Å². The van der Waals surface area contributed by atoms with Gasteiger partial charge in [0.15, 0.2) is 0 Å². The minimum absolute atomic E-state index is 0.320. The number of pyridine rings is 2. The third-order valence-corrected chi connectivity index (χ3v) is 4.59. The second kappa shape index (κ2) is 8.53. The van der Waals surface area contributed by atoms with Gasteiger partial charge >= 0.3 is 0 Å². The maximum Gasteiger partial charge on any atom is 0.271 e. The molecule has 6 nitrogen and oxygen atoms in total. The Morgan fingerprint density at radius 2 is 1.80 bits per heavy atom.